The Morgan fingerprint density at radius 3 is 2.65 bits per heavy atom. The van der Waals surface area contributed by atoms with Gasteiger partial charge in [-0.2, -0.15) is 13.2 Å². The van der Waals surface area contributed by atoms with Crippen molar-refractivity contribution >= 4 is 28.4 Å². The lowest BCUT2D eigenvalue weighted by molar-refractivity contribution is -0.137. The van der Waals surface area contributed by atoms with Crippen LogP contribution < -0.4 is 16.0 Å². The van der Waals surface area contributed by atoms with Crippen molar-refractivity contribution in [3.8, 4) is 0 Å². The second-order valence-corrected chi connectivity index (χ2v) is 9.43. The Bertz CT molecular complexity index is 1260. The van der Waals surface area contributed by atoms with Gasteiger partial charge < -0.3 is 16.0 Å². The molecule has 0 saturated carbocycles. The molecule has 2 aliphatic heterocycles. The van der Waals surface area contributed by atoms with Gasteiger partial charge in [0.25, 0.3) is 5.91 Å². The molecule has 1 fully saturated rings. The van der Waals surface area contributed by atoms with Crippen LogP contribution >= 0.6 is 11.6 Å². The third-order valence-electron chi connectivity index (χ3n) is 6.30. The van der Waals surface area contributed by atoms with Crippen molar-refractivity contribution in [3.63, 3.8) is 0 Å². The molecular weight excluding hydrogens is 501 g/mol. The van der Waals surface area contributed by atoms with Crippen molar-refractivity contribution in [2.75, 3.05) is 18.4 Å². The van der Waals surface area contributed by atoms with E-state index >= 15 is 0 Å². The summed E-state index contributed by atoms with van der Waals surface area (Å²) in [6.45, 7) is 3.41. The van der Waals surface area contributed by atoms with Crippen molar-refractivity contribution in [2.24, 2.45) is 4.99 Å². The zero-order valence-corrected chi connectivity index (χ0v) is 21.0. The molecule has 1 amide bonds. The first-order valence-corrected chi connectivity index (χ1v) is 12.5. The van der Waals surface area contributed by atoms with E-state index in [1.807, 2.05) is 25.1 Å². The fourth-order valence-corrected chi connectivity index (χ4v) is 4.51. The van der Waals surface area contributed by atoms with Crippen LogP contribution in [0.15, 0.2) is 83.7 Å². The zero-order chi connectivity index (χ0) is 26.4. The second kappa shape index (κ2) is 11.8. The number of hydrogen-bond acceptors (Lipinski definition) is 4. The highest BCUT2D eigenvalue weighted by atomic mass is 35.5. The minimum Gasteiger partial charge on any atom is -0.364 e. The molecule has 2 aliphatic rings. The van der Waals surface area contributed by atoms with E-state index in [2.05, 4.69) is 20.9 Å². The molecule has 9 heteroatoms. The number of benzene rings is 2. The fourth-order valence-electron chi connectivity index (χ4n) is 4.35. The Balaban J connectivity index is 1.53. The Hall–Kier alpha value is -3.36. The number of allylic oxidation sites excluding steroid dienone is 5. The van der Waals surface area contributed by atoms with E-state index < -0.39 is 17.6 Å². The van der Waals surface area contributed by atoms with Gasteiger partial charge in [-0.1, -0.05) is 42.0 Å². The summed E-state index contributed by atoms with van der Waals surface area (Å²) in [4.78, 5) is 17.4. The van der Waals surface area contributed by atoms with Gasteiger partial charge in [0.1, 0.15) is 11.0 Å². The van der Waals surface area contributed by atoms with Crippen LogP contribution in [0.1, 0.15) is 58.8 Å². The number of anilines is 1. The normalized spacial score (nSPS) is 21.9. The SMILES string of the molecule is C[C@H](NC1=C/C=C/C=C/C(Cl)=N\1)c1cccc(NC(=O)c2cc(C3CCNCC3)cc(C(F)(F)F)c2)c1. The molecule has 5 nitrogen and oxygen atoms in total. The summed E-state index contributed by atoms with van der Waals surface area (Å²) in [6, 6.07) is 10.6. The summed E-state index contributed by atoms with van der Waals surface area (Å²) in [5.41, 5.74) is 1.06. The van der Waals surface area contributed by atoms with Gasteiger partial charge >= 0.3 is 6.18 Å². The van der Waals surface area contributed by atoms with Crippen LogP contribution in [0.25, 0.3) is 0 Å². The summed E-state index contributed by atoms with van der Waals surface area (Å²) < 4.78 is 40.9. The van der Waals surface area contributed by atoms with Gasteiger partial charge in [-0.25, -0.2) is 4.99 Å². The molecule has 2 heterocycles. The number of nitrogens with zero attached hydrogens (tertiary/aromatic N) is 1. The number of aliphatic imine (C=N–C) groups is 1. The van der Waals surface area contributed by atoms with E-state index in [-0.39, 0.29) is 17.5 Å². The topological polar surface area (TPSA) is 65.5 Å². The molecule has 0 bridgehead atoms. The number of halogens is 4. The minimum absolute atomic E-state index is 0.0107. The lowest BCUT2D eigenvalue weighted by Gasteiger charge is -2.24. The second-order valence-electron chi connectivity index (χ2n) is 9.04. The van der Waals surface area contributed by atoms with Gasteiger partial charge in [-0.3, -0.25) is 4.79 Å². The summed E-state index contributed by atoms with van der Waals surface area (Å²) in [6.07, 6.45) is 5.85. The molecule has 0 unspecified atom stereocenters. The van der Waals surface area contributed by atoms with Crippen molar-refractivity contribution < 1.29 is 18.0 Å². The third kappa shape index (κ3) is 7.33. The van der Waals surface area contributed by atoms with E-state index in [4.69, 9.17) is 11.6 Å². The Kier molecular flexibility index (Phi) is 8.51. The van der Waals surface area contributed by atoms with Crippen LogP contribution in [0.4, 0.5) is 18.9 Å². The third-order valence-corrected chi connectivity index (χ3v) is 6.51. The van der Waals surface area contributed by atoms with Crippen LogP contribution in [0.2, 0.25) is 0 Å². The molecule has 1 atom stereocenters. The summed E-state index contributed by atoms with van der Waals surface area (Å²) in [5, 5.41) is 9.59. The van der Waals surface area contributed by atoms with Crippen LogP contribution in [-0.2, 0) is 6.18 Å². The number of alkyl halides is 3. The van der Waals surface area contributed by atoms with Gasteiger partial charge in [0.05, 0.1) is 11.6 Å². The number of rotatable bonds is 6. The first kappa shape index (κ1) is 26.7. The Labute approximate surface area is 219 Å². The maximum Gasteiger partial charge on any atom is 0.416 e. The fraction of sp³-hybridized carbons (Fsp3) is 0.286. The largest absolute Gasteiger partial charge is 0.416 e. The molecule has 0 aromatic heterocycles. The van der Waals surface area contributed by atoms with Gasteiger partial charge in [-0.05, 0) is 92.4 Å². The van der Waals surface area contributed by atoms with E-state index in [9.17, 15) is 18.0 Å². The minimum atomic E-state index is -4.54. The van der Waals surface area contributed by atoms with Crippen molar-refractivity contribution in [2.45, 2.75) is 37.9 Å². The van der Waals surface area contributed by atoms with Crippen LogP contribution in [0, 0.1) is 0 Å². The Morgan fingerprint density at radius 1 is 1.11 bits per heavy atom. The monoisotopic (exact) mass is 528 g/mol. The molecule has 0 spiro atoms. The molecule has 37 heavy (non-hydrogen) atoms. The van der Waals surface area contributed by atoms with E-state index in [1.54, 1.807) is 42.5 Å². The predicted molar refractivity (Wildman–Crippen MR) is 142 cm³/mol. The molecule has 4 rings (SSSR count). The van der Waals surface area contributed by atoms with Crippen LogP contribution in [0.3, 0.4) is 0 Å². The van der Waals surface area contributed by atoms with E-state index in [0.29, 0.717) is 22.2 Å². The van der Waals surface area contributed by atoms with Gasteiger partial charge in [0, 0.05) is 11.3 Å². The van der Waals surface area contributed by atoms with Crippen molar-refractivity contribution in [3.05, 3.63) is 101 Å². The molecule has 2 aromatic carbocycles. The Morgan fingerprint density at radius 2 is 1.89 bits per heavy atom. The van der Waals surface area contributed by atoms with Crippen LogP contribution in [-0.4, -0.2) is 24.2 Å². The molecular formula is C28H28ClF3N4O. The maximum absolute atomic E-state index is 13.6. The zero-order valence-electron chi connectivity index (χ0n) is 20.3. The maximum atomic E-state index is 13.6. The lowest BCUT2D eigenvalue weighted by atomic mass is 9.88. The first-order valence-electron chi connectivity index (χ1n) is 12.1. The number of amides is 1. The average Bonchev–Trinajstić information content (AvgIpc) is 2.87. The molecule has 1 saturated heterocycles. The van der Waals surface area contributed by atoms with Gasteiger partial charge in [0.2, 0.25) is 0 Å². The van der Waals surface area contributed by atoms with Gasteiger partial charge in [-0.15, -0.1) is 0 Å². The van der Waals surface area contributed by atoms with E-state index in [1.165, 1.54) is 6.07 Å². The molecule has 3 N–H and O–H groups in total. The number of carbonyl (C=O) groups is 1. The summed E-state index contributed by atoms with van der Waals surface area (Å²) in [7, 11) is 0. The number of nitrogens with one attached hydrogen (secondary N) is 3. The highest BCUT2D eigenvalue weighted by molar-refractivity contribution is 6.68. The molecule has 0 radical (unpaired) electrons. The van der Waals surface area contributed by atoms with Gasteiger partial charge in [0.15, 0.2) is 0 Å². The van der Waals surface area contributed by atoms with Crippen molar-refractivity contribution in [1.82, 2.24) is 10.6 Å². The predicted octanol–water partition coefficient (Wildman–Crippen LogP) is 6.68. The first-order chi connectivity index (χ1) is 17.7. The van der Waals surface area contributed by atoms with Crippen LogP contribution in [0.5, 0.6) is 0 Å². The molecule has 2 aromatic rings. The lowest BCUT2D eigenvalue weighted by Crippen LogP contribution is -2.27. The molecule has 0 aliphatic carbocycles. The smallest absolute Gasteiger partial charge is 0.364 e. The summed E-state index contributed by atoms with van der Waals surface area (Å²) >= 11 is 6.09. The van der Waals surface area contributed by atoms with E-state index in [0.717, 1.165) is 37.6 Å². The average molecular weight is 529 g/mol. The number of piperidine rings is 1. The van der Waals surface area contributed by atoms with Crippen molar-refractivity contribution in [1.29, 1.82) is 0 Å². The standard InChI is InChI=1S/C28H28ClF3N4O/c1-18(34-26-9-4-2-3-8-25(29)36-26)20-6-5-7-24(17-20)35-27(37)22-14-21(19-10-12-33-13-11-19)15-23(16-22)28(30,31)32/h2-9,14-19,33H,10-13H2,1H3,(H,34,36)(H,35,37)/t18-/m0/s1. The highest BCUT2D eigenvalue weighted by Gasteiger charge is 2.32. The summed E-state index contributed by atoms with van der Waals surface area (Å²) in [5.74, 6) is -0.0357. The highest BCUT2D eigenvalue weighted by Crippen LogP contribution is 2.35. The quantitative estimate of drug-likeness (QED) is 0.392. The number of carbonyl (C=O) groups excluding carboxylic acids is 1. The number of hydrogen-bond donors (Lipinski definition) is 3. The molecule has 194 valence electrons.